The van der Waals surface area contributed by atoms with E-state index in [1.807, 2.05) is 0 Å². The number of thiocarbonyl (C=S) groups is 2. The van der Waals surface area contributed by atoms with E-state index in [1.165, 1.54) is 0 Å². The average Bonchev–Trinajstić information content (AvgIpc) is 3.11. The van der Waals surface area contributed by atoms with Crippen molar-refractivity contribution in [1.82, 2.24) is 9.80 Å². The average molecular weight is 621 g/mol. The van der Waals surface area contributed by atoms with E-state index in [1.54, 1.807) is 9.80 Å². The quantitative estimate of drug-likeness (QED) is 0.207. The molecule has 0 aliphatic carbocycles. The summed E-state index contributed by atoms with van der Waals surface area (Å²) in [6.07, 6.45) is 1.11. The molecule has 0 aromatic heterocycles. The van der Waals surface area contributed by atoms with Crippen LogP contribution in [0, 0.1) is 0 Å². The van der Waals surface area contributed by atoms with Gasteiger partial charge in [0.1, 0.15) is 0 Å². The molecule has 0 aromatic carbocycles. The van der Waals surface area contributed by atoms with Gasteiger partial charge in [0.2, 0.25) is 0 Å². The Bertz CT molecular complexity index is 699. The molecule has 2 aliphatic heterocycles. The van der Waals surface area contributed by atoms with Crippen molar-refractivity contribution in [1.29, 1.82) is 0 Å². The van der Waals surface area contributed by atoms with Gasteiger partial charge in [-0.05, 0) is 12.8 Å². The molecule has 2 atom stereocenters. The van der Waals surface area contributed by atoms with E-state index in [-0.39, 0.29) is 84.2 Å². The largest absolute Gasteiger partial charge is 2.00 e. The molecule has 0 radical (unpaired) electrons. The predicted octanol–water partition coefficient (Wildman–Crippen LogP) is -1.40. The van der Waals surface area contributed by atoms with E-state index in [9.17, 15) is 16.8 Å². The third-order valence-corrected chi connectivity index (χ3v) is 8.89. The first-order chi connectivity index (χ1) is 12.9. The first kappa shape index (κ1) is 30.0. The molecule has 8 nitrogen and oxygen atoms in total. The van der Waals surface area contributed by atoms with Crippen molar-refractivity contribution in [3.8, 4) is 0 Å². The molecular formula is C14H24CdN2O6S6. The molecular weight excluding hydrogens is 597 g/mol. The second-order valence-electron chi connectivity index (χ2n) is 6.48. The van der Waals surface area contributed by atoms with Crippen LogP contribution in [0.2, 0.25) is 0 Å². The van der Waals surface area contributed by atoms with Crippen LogP contribution < -0.4 is 0 Å². The van der Waals surface area contributed by atoms with Gasteiger partial charge in [0.15, 0.2) is 19.7 Å². The minimum absolute atomic E-state index is 0. The SMILES string of the molecule is O=S1(=O)CCC(N(CCO)C(=S)[S-])C1.O=S1(=O)CCC(N(CCO)C(=S)[S-])C1.[Cd+2]. The number of sulfone groups is 2. The second kappa shape index (κ2) is 13.5. The van der Waals surface area contributed by atoms with Crippen LogP contribution in [-0.2, 0) is 72.2 Å². The monoisotopic (exact) mass is 622 g/mol. The summed E-state index contributed by atoms with van der Waals surface area (Å²) >= 11 is 19.3. The van der Waals surface area contributed by atoms with Crippen LogP contribution in [0.1, 0.15) is 12.8 Å². The van der Waals surface area contributed by atoms with Crippen LogP contribution in [0.4, 0.5) is 0 Å². The molecule has 15 heteroatoms. The zero-order valence-electron chi connectivity index (χ0n) is 15.8. The van der Waals surface area contributed by atoms with Gasteiger partial charge in [-0.3, -0.25) is 0 Å². The predicted molar refractivity (Wildman–Crippen MR) is 122 cm³/mol. The van der Waals surface area contributed by atoms with Crippen molar-refractivity contribution in [2.45, 2.75) is 24.9 Å². The van der Waals surface area contributed by atoms with Crippen LogP contribution in [0.15, 0.2) is 0 Å². The Kier molecular flexibility index (Phi) is 13.9. The third kappa shape index (κ3) is 10.4. The zero-order chi connectivity index (χ0) is 21.5. The van der Waals surface area contributed by atoms with Gasteiger partial charge in [0.05, 0.1) is 36.2 Å². The van der Waals surface area contributed by atoms with Gasteiger partial charge >= 0.3 is 27.3 Å². The molecule has 0 amide bonds. The summed E-state index contributed by atoms with van der Waals surface area (Å²) in [5, 5.41) is 17.6. The summed E-state index contributed by atoms with van der Waals surface area (Å²) < 4.78 is 45.3. The van der Waals surface area contributed by atoms with Crippen molar-refractivity contribution >= 4 is 78.0 Å². The van der Waals surface area contributed by atoms with Crippen LogP contribution in [0.3, 0.4) is 0 Å². The molecule has 0 bridgehead atoms. The van der Waals surface area contributed by atoms with E-state index < -0.39 is 19.7 Å². The third-order valence-electron chi connectivity index (χ3n) is 4.45. The van der Waals surface area contributed by atoms with Crippen molar-refractivity contribution in [3.05, 3.63) is 0 Å². The van der Waals surface area contributed by atoms with E-state index in [0.717, 1.165) is 0 Å². The maximum Gasteiger partial charge on any atom is 2.00 e. The fourth-order valence-electron chi connectivity index (χ4n) is 3.10. The molecule has 2 heterocycles. The Labute approximate surface area is 214 Å². The van der Waals surface area contributed by atoms with E-state index in [2.05, 4.69) is 0 Å². The summed E-state index contributed by atoms with van der Waals surface area (Å²) in [6, 6.07) is -0.283. The number of hydrogen-bond donors (Lipinski definition) is 2. The van der Waals surface area contributed by atoms with Crippen molar-refractivity contribution in [2.75, 3.05) is 49.3 Å². The number of nitrogens with zero attached hydrogens (tertiary/aromatic N) is 2. The van der Waals surface area contributed by atoms with Gasteiger partial charge < -0.3 is 69.7 Å². The van der Waals surface area contributed by atoms with Gasteiger partial charge in [-0.2, -0.15) is 0 Å². The molecule has 2 rings (SSSR count). The van der Waals surface area contributed by atoms with Gasteiger partial charge in [-0.25, -0.2) is 16.8 Å². The first-order valence-electron chi connectivity index (χ1n) is 8.50. The van der Waals surface area contributed by atoms with Crippen molar-refractivity contribution in [2.24, 2.45) is 0 Å². The fourth-order valence-corrected chi connectivity index (χ4v) is 7.53. The van der Waals surface area contributed by atoms with Crippen LogP contribution in [-0.4, -0.2) is 107 Å². The van der Waals surface area contributed by atoms with E-state index in [0.29, 0.717) is 25.9 Å². The van der Waals surface area contributed by atoms with Gasteiger partial charge in [-0.1, -0.05) is 8.64 Å². The topological polar surface area (TPSA) is 115 Å². The molecule has 164 valence electrons. The smallest absolute Gasteiger partial charge is 0.411 e. The van der Waals surface area contributed by atoms with E-state index in [4.69, 9.17) is 59.9 Å². The second-order valence-corrected chi connectivity index (χ2v) is 13.0. The summed E-state index contributed by atoms with van der Waals surface area (Å²) in [5.41, 5.74) is 0. The Morgan fingerprint density at radius 1 is 0.828 bits per heavy atom. The molecule has 2 fully saturated rings. The molecule has 2 aliphatic rings. The summed E-state index contributed by atoms with van der Waals surface area (Å²) in [7, 11) is -5.84. The molecule has 2 saturated heterocycles. The summed E-state index contributed by atoms with van der Waals surface area (Å²) in [5.74, 6) is 0.586. The van der Waals surface area contributed by atoms with E-state index >= 15 is 0 Å². The minimum Gasteiger partial charge on any atom is -0.411 e. The Balaban J connectivity index is 0.000000523. The maximum atomic E-state index is 11.2. The van der Waals surface area contributed by atoms with Gasteiger partial charge in [-0.15, -0.1) is 0 Å². The molecule has 0 spiro atoms. The molecule has 29 heavy (non-hydrogen) atoms. The maximum absolute atomic E-state index is 11.2. The molecule has 2 unspecified atom stereocenters. The normalized spacial score (nSPS) is 23.9. The van der Waals surface area contributed by atoms with Crippen LogP contribution >= 0.6 is 24.4 Å². The first-order valence-corrected chi connectivity index (χ1v) is 13.8. The number of hydrogen-bond acceptors (Lipinski definition) is 10. The number of aliphatic hydroxyl groups is 2. The minimum atomic E-state index is -2.92. The molecule has 2 N–H and O–H groups in total. The van der Waals surface area contributed by atoms with Crippen molar-refractivity contribution in [3.63, 3.8) is 0 Å². The Hall–Kier alpha value is 0.962. The molecule has 0 aromatic rings. The number of aliphatic hydroxyl groups excluding tert-OH is 2. The summed E-state index contributed by atoms with van der Waals surface area (Å²) in [6.45, 7) is 0.520. The van der Waals surface area contributed by atoms with Gasteiger partial charge in [0, 0.05) is 25.2 Å². The Morgan fingerprint density at radius 2 is 1.14 bits per heavy atom. The van der Waals surface area contributed by atoms with Crippen LogP contribution in [0.25, 0.3) is 0 Å². The number of rotatable bonds is 6. The summed E-state index contributed by atoms with van der Waals surface area (Å²) in [4.78, 5) is 3.24. The molecule has 0 saturated carbocycles. The fraction of sp³-hybridized carbons (Fsp3) is 0.857. The van der Waals surface area contributed by atoms with Crippen molar-refractivity contribution < 1.29 is 54.3 Å². The Morgan fingerprint density at radius 3 is 1.31 bits per heavy atom. The van der Waals surface area contributed by atoms with Crippen LogP contribution in [0.5, 0.6) is 0 Å². The van der Waals surface area contributed by atoms with Gasteiger partial charge in [0.25, 0.3) is 0 Å². The standard InChI is InChI=1S/2C7H13NO3S3.Cd/c2*9-3-2-8(7(12)13)6-1-4-14(10,11)5-6;/h2*6,9H,1-5H2,(H,12,13);/q;;+2/p-2. The zero-order valence-corrected chi connectivity index (χ0v) is 24.7.